The first-order chi connectivity index (χ1) is 13.9. The van der Waals surface area contributed by atoms with Crippen molar-refractivity contribution in [3.8, 4) is 5.75 Å². The van der Waals surface area contributed by atoms with Gasteiger partial charge in [0.1, 0.15) is 5.75 Å². The Kier molecular flexibility index (Phi) is 6.39. The summed E-state index contributed by atoms with van der Waals surface area (Å²) in [7, 11) is 1.64. The summed E-state index contributed by atoms with van der Waals surface area (Å²) in [5.41, 5.74) is 6.54. The van der Waals surface area contributed by atoms with Crippen molar-refractivity contribution in [2.45, 2.75) is 40.4 Å². The van der Waals surface area contributed by atoms with E-state index in [-0.39, 0.29) is 0 Å². The van der Waals surface area contributed by atoms with E-state index in [0.717, 1.165) is 28.3 Å². The Labute approximate surface area is 172 Å². The topological polar surface area (TPSA) is 63.5 Å². The number of carboxylic acid groups (broad SMARTS) is 1. The van der Waals surface area contributed by atoms with Crippen LogP contribution < -0.4 is 10.1 Å². The van der Waals surface area contributed by atoms with E-state index in [0.29, 0.717) is 25.2 Å². The zero-order valence-corrected chi connectivity index (χ0v) is 17.5. The average Bonchev–Trinajstić information content (AvgIpc) is 2.94. The van der Waals surface area contributed by atoms with Crippen LogP contribution in [0.2, 0.25) is 0 Å². The molecule has 1 heterocycles. The fourth-order valence-corrected chi connectivity index (χ4v) is 3.73. The van der Waals surface area contributed by atoms with Crippen molar-refractivity contribution in [2.24, 2.45) is 0 Å². The lowest BCUT2D eigenvalue weighted by atomic mass is 10.1. The van der Waals surface area contributed by atoms with E-state index in [2.05, 4.69) is 28.9 Å². The highest BCUT2D eigenvalue weighted by Gasteiger charge is 2.22. The monoisotopic (exact) mass is 392 g/mol. The Balaban J connectivity index is 1.83. The summed E-state index contributed by atoms with van der Waals surface area (Å²) in [5, 5.41) is 13.2. The third-order valence-electron chi connectivity index (χ3n) is 5.50. The van der Waals surface area contributed by atoms with Gasteiger partial charge in [0, 0.05) is 36.6 Å². The fraction of sp³-hybridized carbons (Fsp3) is 0.292. The Morgan fingerprint density at radius 2 is 1.69 bits per heavy atom. The molecule has 3 aromatic rings. The van der Waals surface area contributed by atoms with Crippen LogP contribution in [-0.2, 0) is 19.6 Å². The number of nitrogens with one attached hydrogen (secondary N) is 1. The summed E-state index contributed by atoms with van der Waals surface area (Å²) in [4.78, 5) is 12.0. The number of hydrogen-bond donors (Lipinski definition) is 2. The molecule has 0 fully saturated rings. The minimum absolute atomic E-state index is 0.397. The second-order valence-corrected chi connectivity index (χ2v) is 7.29. The SMILES string of the molecule is COc1ccc(Cn2c(C)c(CNCc3ccccc3C)c(C(=O)O)c2C)cc1. The minimum atomic E-state index is -0.883. The normalized spacial score (nSPS) is 10.9. The number of ether oxygens (including phenoxy) is 1. The Morgan fingerprint density at radius 3 is 2.31 bits per heavy atom. The molecule has 0 saturated carbocycles. The third kappa shape index (κ3) is 4.51. The van der Waals surface area contributed by atoms with Crippen LogP contribution in [0.25, 0.3) is 0 Å². The maximum absolute atomic E-state index is 12.0. The van der Waals surface area contributed by atoms with Gasteiger partial charge in [-0.1, -0.05) is 36.4 Å². The summed E-state index contributed by atoms with van der Waals surface area (Å²) in [5.74, 6) is -0.0752. The molecule has 0 aliphatic heterocycles. The third-order valence-corrected chi connectivity index (χ3v) is 5.50. The number of carbonyl (C=O) groups is 1. The number of nitrogens with zero attached hydrogens (tertiary/aromatic N) is 1. The number of rotatable bonds is 8. The second kappa shape index (κ2) is 8.97. The van der Waals surface area contributed by atoms with Gasteiger partial charge in [-0.3, -0.25) is 0 Å². The number of benzene rings is 2. The summed E-state index contributed by atoms with van der Waals surface area (Å²) in [6, 6.07) is 16.1. The smallest absolute Gasteiger partial charge is 0.337 e. The number of carboxylic acids is 1. The van der Waals surface area contributed by atoms with Gasteiger partial charge < -0.3 is 19.7 Å². The molecule has 2 N–H and O–H groups in total. The van der Waals surface area contributed by atoms with E-state index in [1.54, 1.807) is 7.11 Å². The highest BCUT2D eigenvalue weighted by atomic mass is 16.5. The summed E-state index contributed by atoms with van der Waals surface area (Å²) < 4.78 is 7.30. The van der Waals surface area contributed by atoms with Gasteiger partial charge in [0.05, 0.1) is 12.7 Å². The van der Waals surface area contributed by atoms with E-state index in [9.17, 15) is 9.90 Å². The predicted octanol–water partition coefficient (Wildman–Crippen LogP) is 4.46. The Morgan fingerprint density at radius 1 is 1.00 bits per heavy atom. The lowest BCUT2D eigenvalue weighted by molar-refractivity contribution is 0.0694. The van der Waals surface area contributed by atoms with Crippen LogP contribution >= 0.6 is 0 Å². The standard InChI is InChI=1S/C24H28N2O3/c1-16-7-5-6-8-20(16)13-25-14-22-17(2)26(18(3)23(22)24(27)28)15-19-9-11-21(29-4)12-10-19/h5-12,25H,13-15H2,1-4H3,(H,27,28). The first-order valence-electron chi connectivity index (χ1n) is 9.72. The van der Waals surface area contributed by atoms with Crippen LogP contribution in [0.1, 0.15) is 44.0 Å². The molecule has 0 saturated heterocycles. The van der Waals surface area contributed by atoms with Gasteiger partial charge in [-0.2, -0.15) is 0 Å². The molecule has 0 bridgehead atoms. The molecule has 3 rings (SSSR count). The molecule has 0 aliphatic carbocycles. The number of hydrogen-bond acceptors (Lipinski definition) is 3. The Bertz CT molecular complexity index is 1000. The predicted molar refractivity (Wildman–Crippen MR) is 115 cm³/mol. The van der Waals surface area contributed by atoms with E-state index < -0.39 is 5.97 Å². The average molecular weight is 392 g/mol. The maximum atomic E-state index is 12.0. The van der Waals surface area contributed by atoms with Crippen molar-refractivity contribution in [2.75, 3.05) is 7.11 Å². The summed E-state index contributed by atoms with van der Waals surface area (Å²) >= 11 is 0. The van der Waals surface area contributed by atoms with Gasteiger partial charge in [0.25, 0.3) is 0 Å². The minimum Gasteiger partial charge on any atom is -0.497 e. The van der Waals surface area contributed by atoms with Crippen molar-refractivity contribution in [1.82, 2.24) is 9.88 Å². The van der Waals surface area contributed by atoms with Gasteiger partial charge in [-0.05, 0) is 49.6 Å². The molecular formula is C24H28N2O3. The van der Waals surface area contributed by atoms with E-state index in [1.807, 2.05) is 50.2 Å². The van der Waals surface area contributed by atoms with Crippen LogP contribution in [0, 0.1) is 20.8 Å². The van der Waals surface area contributed by atoms with Crippen molar-refractivity contribution in [3.63, 3.8) is 0 Å². The van der Waals surface area contributed by atoms with Crippen molar-refractivity contribution < 1.29 is 14.6 Å². The van der Waals surface area contributed by atoms with Gasteiger partial charge in [-0.25, -0.2) is 4.79 Å². The zero-order chi connectivity index (χ0) is 21.0. The quantitative estimate of drug-likeness (QED) is 0.594. The van der Waals surface area contributed by atoms with Crippen LogP contribution in [0.3, 0.4) is 0 Å². The second-order valence-electron chi connectivity index (χ2n) is 7.29. The molecular weight excluding hydrogens is 364 g/mol. The van der Waals surface area contributed by atoms with Gasteiger partial charge in [-0.15, -0.1) is 0 Å². The van der Waals surface area contributed by atoms with Crippen LogP contribution in [0.5, 0.6) is 5.75 Å². The molecule has 0 unspecified atom stereocenters. The number of aromatic nitrogens is 1. The zero-order valence-electron chi connectivity index (χ0n) is 17.5. The van der Waals surface area contributed by atoms with Crippen LogP contribution in [0.15, 0.2) is 48.5 Å². The van der Waals surface area contributed by atoms with Gasteiger partial charge >= 0.3 is 5.97 Å². The first-order valence-corrected chi connectivity index (χ1v) is 9.72. The highest BCUT2D eigenvalue weighted by molar-refractivity contribution is 5.91. The van der Waals surface area contributed by atoms with E-state index in [1.165, 1.54) is 11.1 Å². The van der Waals surface area contributed by atoms with Crippen molar-refractivity contribution in [3.05, 3.63) is 87.7 Å². The van der Waals surface area contributed by atoms with E-state index >= 15 is 0 Å². The Hall–Kier alpha value is -3.05. The van der Waals surface area contributed by atoms with Gasteiger partial charge in [0.2, 0.25) is 0 Å². The number of methoxy groups -OCH3 is 1. The first kappa shape index (κ1) is 20.7. The molecule has 0 radical (unpaired) electrons. The molecule has 0 amide bonds. The largest absolute Gasteiger partial charge is 0.497 e. The van der Waals surface area contributed by atoms with Crippen molar-refractivity contribution >= 4 is 5.97 Å². The maximum Gasteiger partial charge on any atom is 0.337 e. The lowest BCUT2D eigenvalue weighted by Gasteiger charge is -2.11. The summed E-state index contributed by atoms with van der Waals surface area (Å²) in [6.45, 7) is 7.80. The molecule has 0 spiro atoms. The molecule has 2 aromatic carbocycles. The summed E-state index contributed by atoms with van der Waals surface area (Å²) in [6.07, 6.45) is 0. The number of aryl methyl sites for hydroxylation is 1. The van der Waals surface area contributed by atoms with Crippen molar-refractivity contribution in [1.29, 1.82) is 0 Å². The molecule has 5 heteroatoms. The lowest BCUT2D eigenvalue weighted by Crippen LogP contribution is -2.16. The fourth-order valence-electron chi connectivity index (χ4n) is 3.73. The van der Waals surface area contributed by atoms with Gasteiger partial charge in [0.15, 0.2) is 0 Å². The van der Waals surface area contributed by atoms with Crippen LogP contribution in [-0.4, -0.2) is 22.8 Å². The molecule has 5 nitrogen and oxygen atoms in total. The molecule has 152 valence electrons. The van der Waals surface area contributed by atoms with Crippen LogP contribution in [0.4, 0.5) is 0 Å². The highest BCUT2D eigenvalue weighted by Crippen LogP contribution is 2.24. The van der Waals surface area contributed by atoms with E-state index in [4.69, 9.17) is 4.74 Å². The molecule has 29 heavy (non-hydrogen) atoms. The molecule has 0 atom stereocenters. The molecule has 0 aliphatic rings. The number of aromatic carboxylic acids is 1. The molecule has 1 aromatic heterocycles.